The number of carbonyl (C=O) groups excluding carboxylic acids is 1. The van der Waals surface area contributed by atoms with Crippen LogP contribution in [0.15, 0.2) is 18.2 Å². The topological polar surface area (TPSA) is 59.6 Å². The lowest BCUT2D eigenvalue weighted by Crippen LogP contribution is -2.38. The largest absolute Gasteiger partial charge is 0.493 e. The highest BCUT2D eigenvalue weighted by molar-refractivity contribution is 7.16. The molecule has 1 aromatic carbocycles. The smallest absolute Gasteiger partial charge is 0.256 e. The van der Waals surface area contributed by atoms with Gasteiger partial charge in [0.2, 0.25) is 0 Å². The van der Waals surface area contributed by atoms with Crippen molar-refractivity contribution in [2.45, 2.75) is 32.4 Å². The van der Waals surface area contributed by atoms with Crippen LogP contribution < -0.4 is 20.1 Å². The molecule has 1 amide bonds. The third kappa shape index (κ3) is 2.65. The lowest BCUT2D eigenvalue weighted by Gasteiger charge is -2.28. The Balaban J connectivity index is 1.72. The quantitative estimate of drug-likeness (QED) is 0.877. The zero-order valence-corrected chi connectivity index (χ0v) is 15.5. The molecule has 25 heavy (non-hydrogen) atoms. The minimum Gasteiger partial charge on any atom is -0.493 e. The average molecular weight is 358 g/mol. The number of benzene rings is 1. The van der Waals surface area contributed by atoms with E-state index in [9.17, 15) is 4.79 Å². The van der Waals surface area contributed by atoms with Gasteiger partial charge in [0, 0.05) is 10.4 Å². The number of thiophene rings is 1. The fourth-order valence-electron chi connectivity index (χ4n) is 3.76. The maximum absolute atomic E-state index is 12.8. The number of carbonyl (C=O) groups is 1. The number of anilines is 1. The molecule has 0 saturated heterocycles. The van der Waals surface area contributed by atoms with Crippen molar-refractivity contribution >= 4 is 22.2 Å². The Bertz CT molecular complexity index is 830. The highest BCUT2D eigenvalue weighted by Crippen LogP contribution is 2.44. The van der Waals surface area contributed by atoms with Gasteiger partial charge < -0.3 is 20.1 Å². The van der Waals surface area contributed by atoms with Gasteiger partial charge in [-0.1, -0.05) is 19.1 Å². The van der Waals surface area contributed by atoms with Gasteiger partial charge in [-0.3, -0.25) is 4.79 Å². The van der Waals surface area contributed by atoms with Gasteiger partial charge in [-0.2, -0.15) is 0 Å². The van der Waals surface area contributed by atoms with Crippen molar-refractivity contribution in [2.75, 3.05) is 19.5 Å². The fourth-order valence-corrected chi connectivity index (χ4v) is 5.19. The molecule has 4 rings (SSSR count). The van der Waals surface area contributed by atoms with Crippen LogP contribution in [-0.4, -0.2) is 20.1 Å². The summed E-state index contributed by atoms with van der Waals surface area (Å²) in [4.78, 5) is 14.2. The molecule has 1 aliphatic heterocycles. The molecule has 2 atom stereocenters. The maximum Gasteiger partial charge on any atom is 0.256 e. The van der Waals surface area contributed by atoms with Crippen molar-refractivity contribution in [3.8, 4) is 11.5 Å². The van der Waals surface area contributed by atoms with E-state index in [-0.39, 0.29) is 12.1 Å². The van der Waals surface area contributed by atoms with Gasteiger partial charge in [0.15, 0.2) is 11.5 Å². The highest BCUT2D eigenvalue weighted by atomic mass is 32.1. The van der Waals surface area contributed by atoms with Crippen LogP contribution in [0.25, 0.3) is 0 Å². The van der Waals surface area contributed by atoms with Crippen LogP contribution in [0.1, 0.15) is 45.9 Å². The number of hydrogen-bond donors (Lipinski definition) is 2. The van der Waals surface area contributed by atoms with Crippen molar-refractivity contribution in [2.24, 2.45) is 5.92 Å². The summed E-state index contributed by atoms with van der Waals surface area (Å²) < 4.78 is 10.9. The van der Waals surface area contributed by atoms with E-state index in [0.29, 0.717) is 17.4 Å². The van der Waals surface area contributed by atoms with Gasteiger partial charge in [-0.05, 0) is 36.8 Å². The standard InChI is InChI=1S/C19H22N2O3S/c1-10-7-8-11-14(9-10)25-19-15(11)18(22)20-17(21-19)12-5-4-6-13(23-2)16(12)24-3/h4-6,10,17,21H,7-9H2,1-3H3,(H,20,22)/t10-,17-/m1/s1. The summed E-state index contributed by atoms with van der Waals surface area (Å²) >= 11 is 1.72. The molecular formula is C19H22N2O3S. The molecule has 1 aromatic heterocycles. The summed E-state index contributed by atoms with van der Waals surface area (Å²) in [5.41, 5.74) is 2.93. The lowest BCUT2D eigenvalue weighted by molar-refractivity contribution is 0.0934. The zero-order valence-electron chi connectivity index (χ0n) is 14.6. The molecule has 5 nitrogen and oxygen atoms in total. The molecule has 1 aliphatic carbocycles. The molecule has 2 aromatic rings. The summed E-state index contributed by atoms with van der Waals surface area (Å²) in [7, 11) is 3.23. The summed E-state index contributed by atoms with van der Waals surface area (Å²) in [5, 5.41) is 7.55. The predicted molar refractivity (Wildman–Crippen MR) is 98.9 cm³/mol. The van der Waals surface area contributed by atoms with Gasteiger partial charge >= 0.3 is 0 Å². The van der Waals surface area contributed by atoms with Crippen molar-refractivity contribution in [1.82, 2.24) is 5.32 Å². The summed E-state index contributed by atoms with van der Waals surface area (Å²) in [6, 6.07) is 5.70. The van der Waals surface area contributed by atoms with Crippen LogP contribution in [0.5, 0.6) is 11.5 Å². The van der Waals surface area contributed by atoms with Gasteiger partial charge in [-0.25, -0.2) is 0 Å². The summed E-state index contributed by atoms with van der Waals surface area (Å²) in [6.45, 7) is 2.28. The van der Waals surface area contributed by atoms with Crippen LogP contribution in [-0.2, 0) is 12.8 Å². The fraction of sp³-hybridized carbons (Fsp3) is 0.421. The van der Waals surface area contributed by atoms with Crippen LogP contribution in [0.3, 0.4) is 0 Å². The molecule has 0 bridgehead atoms. The number of nitrogens with one attached hydrogen (secondary N) is 2. The van der Waals surface area contributed by atoms with Crippen LogP contribution in [0.2, 0.25) is 0 Å². The minimum absolute atomic E-state index is 0.00400. The maximum atomic E-state index is 12.8. The number of methoxy groups -OCH3 is 2. The number of rotatable bonds is 3. The SMILES string of the molecule is COc1cccc([C@@H]2NC(=O)c3c(sc4c3CC[C@@H](C)C4)N2)c1OC. The highest BCUT2D eigenvalue weighted by Gasteiger charge is 2.34. The molecule has 2 N–H and O–H groups in total. The first kappa shape index (κ1) is 16.3. The van der Waals surface area contributed by atoms with Gasteiger partial charge in [0.25, 0.3) is 5.91 Å². The van der Waals surface area contributed by atoms with Crippen molar-refractivity contribution in [3.05, 3.63) is 39.8 Å². The molecule has 0 radical (unpaired) electrons. The first-order valence-electron chi connectivity index (χ1n) is 8.55. The lowest BCUT2D eigenvalue weighted by atomic mass is 9.88. The molecule has 0 fully saturated rings. The first-order chi connectivity index (χ1) is 12.1. The van der Waals surface area contributed by atoms with E-state index in [1.54, 1.807) is 25.6 Å². The number of fused-ring (bicyclic) bond motifs is 3. The van der Waals surface area contributed by atoms with Crippen LogP contribution in [0.4, 0.5) is 5.00 Å². The Hall–Kier alpha value is -2.21. The molecule has 2 heterocycles. The monoisotopic (exact) mass is 358 g/mol. The van der Waals surface area contributed by atoms with Gasteiger partial charge in [0.1, 0.15) is 11.2 Å². The molecule has 0 saturated carbocycles. The van der Waals surface area contributed by atoms with E-state index in [0.717, 1.165) is 35.4 Å². The van der Waals surface area contributed by atoms with Gasteiger partial charge in [0.05, 0.1) is 19.8 Å². The second-order valence-electron chi connectivity index (χ2n) is 6.69. The zero-order chi connectivity index (χ0) is 17.6. The second kappa shape index (κ2) is 6.26. The molecule has 0 unspecified atom stereocenters. The third-order valence-electron chi connectivity index (χ3n) is 5.03. The number of para-hydroxylation sites is 1. The third-order valence-corrected chi connectivity index (χ3v) is 6.22. The second-order valence-corrected chi connectivity index (χ2v) is 7.79. The number of hydrogen-bond acceptors (Lipinski definition) is 5. The Labute approximate surface area is 151 Å². The Morgan fingerprint density at radius 1 is 1.20 bits per heavy atom. The van der Waals surface area contributed by atoms with Crippen LogP contribution in [0, 0.1) is 5.92 Å². The number of amides is 1. The molecular weight excluding hydrogens is 336 g/mol. The first-order valence-corrected chi connectivity index (χ1v) is 9.36. The predicted octanol–water partition coefficient (Wildman–Crippen LogP) is 3.74. The summed E-state index contributed by atoms with van der Waals surface area (Å²) in [6.07, 6.45) is 2.87. The molecule has 0 spiro atoms. The van der Waals surface area contributed by atoms with Crippen molar-refractivity contribution in [1.29, 1.82) is 0 Å². The minimum atomic E-state index is -0.331. The van der Waals surface area contributed by atoms with Gasteiger partial charge in [-0.15, -0.1) is 11.3 Å². The van der Waals surface area contributed by atoms with Crippen molar-refractivity contribution < 1.29 is 14.3 Å². The number of ether oxygens (including phenoxy) is 2. The van der Waals surface area contributed by atoms with E-state index in [2.05, 4.69) is 17.6 Å². The average Bonchev–Trinajstić information content (AvgIpc) is 2.98. The van der Waals surface area contributed by atoms with Crippen LogP contribution >= 0.6 is 11.3 Å². The molecule has 2 aliphatic rings. The van der Waals surface area contributed by atoms with E-state index in [1.807, 2.05) is 18.2 Å². The Morgan fingerprint density at radius 3 is 2.80 bits per heavy atom. The molecule has 6 heteroatoms. The van der Waals surface area contributed by atoms with E-state index in [4.69, 9.17) is 9.47 Å². The Morgan fingerprint density at radius 2 is 2.04 bits per heavy atom. The Kier molecular flexibility index (Phi) is 4.07. The van der Waals surface area contributed by atoms with E-state index >= 15 is 0 Å². The summed E-state index contributed by atoms with van der Waals surface area (Å²) in [5.74, 6) is 1.97. The normalized spacial score (nSPS) is 21.6. The van der Waals surface area contributed by atoms with Crippen molar-refractivity contribution in [3.63, 3.8) is 0 Å². The van der Waals surface area contributed by atoms with E-state index in [1.165, 1.54) is 10.4 Å². The molecule has 132 valence electrons. The van der Waals surface area contributed by atoms with E-state index < -0.39 is 0 Å².